The van der Waals surface area contributed by atoms with Gasteiger partial charge in [0.25, 0.3) is 5.91 Å². The van der Waals surface area contributed by atoms with Gasteiger partial charge >= 0.3 is 0 Å². The Labute approximate surface area is 192 Å². The van der Waals surface area contributed by atoms with Gasteiger partial charge in [0.15, 0.2) is 0 Å². The number of carbonyl (C=O) groups is 1. The molecule has 1 N–H and O–H groups in total. The van der Waals surface area contributed by atoms with E-state index in [0.29, 0.717) is 35.1 Å². The molecule has 166 valence electrons. The Morgan fingerprint density at radius 1 is 0.969 bits per heavy atom. The summed E-state index contributed by atoms with van der Waals surface area (Å²) in [6, 6.07) is 19.0. The van der Waals surface area contributed by atoms with Crippen molar-refractivity contribution in [2.24, 2.45) is 0 Å². The number of amides is 1. The van der Waals surface area contributed by atoms with Crippen molar-refractivity contribution in [1.82, 2.24) is 4.31 Å². The zero-order valence-electron chi connectivity index (χ0n) is 17.5. The first-order valence-corrected chi connectivity index (χ1v) is 12.1. The van der Waals surface area contributed by atoms with E-state index in [4.69, 9.17) is 16.3 Å². The van der Waals surface area contributed by atoms with Crippen molar-refractivity contribution < 1.29 is 17.9 Å². The minimum absolute atomic E-state index is 0.277. The molecule has 0 saturated carbocycles. The fourth-order valence-electron chi connectivity index (χ4n) is 3.68. The maximum absolute atomic E-state index is 12.7. The molecule has 0 atom stereocenters. The average Bonchev–Trinajstić information content (AvgIpc) is 3.35. The second kappa shape index (κ2) is 9.32. The molecule has 0 aliphatic carbocycles. The molecule has 1 heterocycles. The van der Waals surface area contributed by atoms with Crippen molar-refractivity contribution in [1.29, 1.82) is 0 Å². The molecule has 1 amide bonds. The Hall–Kier alpha value is -2.87. The third-order valence-electron chi connectivity index (χ3n) is 5.42. The van der Waals surface area contributed by atoms with Crippen LogP contribution in [-0.2, 0) is 10.0 Å². The maximum Gasteiger partial charge on any atom is 0.255 e. The van der Waals surface area contributed by atoms with Gasteiger partial charge in [-0.25, -0.2) is 8.42 Å². The number of methoxy groups -OCH3 is 1. The number of hydrogen-bond donors (Lipinski definition) is 1. The number of rotatable bonds is 6. The molecule has 0 unspecified atom stereocenters. The SMILES string of the molecule is COc1ccc(NC(=O)c2cccc(-c3ccc(S(=O)(=O)N4CCCC4)cc3)c2)cc1Cl. The van der Waals surface area contributed by atoms with Gasteiger partial charge in [0, 0.05) is 24.3 Å². The van der Waals surface area contributed by atoms with Crippen LogP contribution in [0.1, 0.15) is 23.2 Å². The summed E-state index contributed by atoms with van der Waals surface area (Å²) in [5.74, 6) is 0.253. The molecule has 3 aromatic carbocycles. The quantitative estimate of drug-likeness (QED) is 0.546. The number of halogens is 1. The molecule has 32 heavy (non-hydrogen) atoms. The van der Waals surface area contributed by atoms with Crippen molar-refractivity contribution in [2.75, 3.05) is 25.5 Å². The zero-order valence-corrected chi connectivity index (χ0v) is 19.1. The average molecular weight is 471 g/mol. The summed E-state index contributed by atoms with van der Waals surface area (Å²) in [5.41, 5.74) is 2.67. The van der Waals surface area contributed by atoms with E-state index in [1.54, 1.807) is 60.7 Å². The number of benzene rings is 3. The van der Waals surface area contributed by atoms with Crippen LogP contribution in [0.5, 0.6) is 5.75 Å². The van der Waals surface area contributed by atoms with E-state index in [2.05, 4.69) is 5.32 Å². The van der Waals surface area contributed by atoms with Crippen LogP contribution < -0.4 is 10.1 Å². The van der Waals surface area contributed by atoms with Crippen LogP contribution in [0.3, 0.4) is 0 Å². The van der Waals surface area contributed by atoms with Gasteiger partial charge in [0.2, 0.25) is 10.0 Å². The fourth-order valence-corrected chi connectivity index (χ4v) is 5.46. The van der Waals surface area contributed by atoms with E-state index < -0.39 is 10.0 Å². The lowest BCUT2D eigenvalue weighted by Gasteiger charge is -2.15. The first-order valence-electron chi connectivity index (χ1n) is 10.2. The highest BCUT2D eigenvalue weighted by molar-refractivity contribution is 7.89. The number of sulfonamides is 1. The molecule has 4 rings (SSSR count). The number of nitrogens with one attached hydrogen (secondary N) is 1. The summed E-state index contributed by atoms with van der Waals surface area (Å²) in [7, 11) is -1.93. The number of carbonyl (C=O) groups excluding carboxylic acids is 1. The summed E-state index contributed by atoms with van der Waals surface area (Å²) in [4.78, 5) is 13.0. The molecule has 0 radical (unpaired) electrons. The topological polar surface area (TPSA) is 75.7 Å². The van der Waals surface area contributed by atoms with Gasteiger partial charge in [-0.3, -0.25) is 4.79 Å². The molecular weight excluding hydrogens is 448 g/mol. The van der Waals surface area contributed by atoms with Gasteiger partial charge in [-0.05, 0) is 66.4 Å². The minimum atomic E-state index is -3.45. The Kier molecular flexibility index (Phi) is 6.50. The minimum Gasteiger partial charge on any atom is -0.495 e. The Bertz CT molecular complexity index is 1240. The zero-order chi connectivity index (χ0) is 22.7. The molecule has 0 bridgehead atoms. The van der Waals surface area contributed by atoms with Gasteiger partial charge in [0.1, 0.15) is 5.75 Å². The van der Waals surface area contributed by atoms with Gasteiger partial charge in [-0.1, -0.05) is 35.9 Å². The van der Waals surface area contributed by atoms with Crippen molar-refractivity contribution in [2.45, 2.75) is 17.7 Å². The first-order chi connectivity index (χ1) is 15.4. The number of anilines is 1. The molecular formula is C24H23ClN2O4S. The van der Waals surface area contributed by atoms with Gasteiger partial charge < -0.3 is 10.1 Å². The summed E-state index contributed by atoms with van der Waals surface area (Å²) in [6.07, 6.45) is 1.80. The highest BCUT2D eigenvalue weighted by Gasteiger charge is 2.26. The van der Waals surface area contributed by atoms with Gasteiger partial charge in [-0.2, -0.15) is 4.31 Å². The molecule has 6 nitrogen and oxygen atoms in total. The van der Waals surface area contributed by atoms with Crippen LogP contribution in [0.25, 0.3) is 11.1 Å². The number of hydrogen-bond acceptors (Lipinski definition) is 4. The van der Waals surface area contributed by atoms with E-state index in [1.165, 1.54) is 11.4 Å². The summed E-state index contributed by atoms with van der Waals surface area (Å²) < 4.78 is 32.1. The molecule has 0 spiro atoms. The second-order valence-electron chi connectivity index (χ2n) is 7.52. The molecule has 1 saturated heterocycles. The molecule has 0 aromatic heterocycles. The van der Waals surface area contributed by atoms with Crippen molar-refractivity contribution >= 4 is 33.2 Å². The Morgan fingerprint density at radius 3 is 2.34 bits per heavy atom. The molecule has 1 aliphatic rings. The second-order valence-corrected chi connectivity index (χ2v) is 9.86. The molecule has 1 aliphatic heterocycles. The maximum atomic E-state index is 12.7. The number of nitrogens with zero attached hydrogens (tertiary/aromatic N) is 1. The van der Waals surface area contributed by atoms with Crippen LogP contribution >= 0.6 is 11.6 Å². The summed E-state index contributed by atoms with van der Waals surface area (Å²) in [6.45, 7) is 1.14. The Morgan fingerprint density at radius 2 is 1.69 bits per heavy atom. The van der Waals surface area contributed by atoms with Crippen LogP contribution in [0.15, 0.2) is 71.6 Å². The van der Waals surface area contributed by atoms with Crippen molar-refractivity contribution in [3.63, 3.8) is 0 Å². The fraction of sp³-hybridized carbons (Fsp3) is 0.208. The van der Waals surface area contributed by atoms with Gasteiger partial charge in [0.05, 0.1) is 17.0 Å². The van der Waals surface area contributed by atoms with Crippen molar-refractivity contribution in [3.05, 3.63) is 77.3 Å². The van der Waals surface area contributed by atoms with Crippen molar-refractivity contribution in [3.8, 4) is 16.9 Å². The van der Waals surface area contributed by atoms with E-state index in [-0.39, 0.29) is 10.8 Å². The normalized spacial score (nSPS) is 14.3. The summed E-state index contributed by atoms with van der Waals surface area (Å²) in [5, 5.41) is 3.23. The summed E-state index contributed by atoms with van der Waals surface area (Å²) >= 11 is 6.13. The lowest BCUT2D eigenvalue weighted by molar-refractivity contribution is 0.102. The monoisotopic (exact) mass is 470 g/mol. The largest absolute Gasteiger partial charge is 0.495 e. The lowest BCUT2D eigenvalue weighted by atomic mass is 10.0. The van der Waals surface area contributed by atoms with E-state index in [0.717, 1.165) is 24.0 Å². The van der Waals surface area contributed by atoms with Crippen LogP contribution in [0.2, 0.25) is 5.02 Å². The molecule has 1 fully saturated rings. The molecule has 3 aromatic rings. The number of ether oxygens (including phenoxy) is 1. The van der Waals surface area contributed by atoms with E-state index in [1.807, 2.05) is 6.07 Å². The lowest BCUT2D eigenvalue weighted by Crippen LogP contribution is -2.27. The van der Waals surface area contributed by atoms with E-state index in [9.17, 15) is 13.2 Å². The smallest absolute Gasteiger partial charge is 0.255 e. The predicted octanol–water partition coefficient (Wildman–Crippen LogP) is 5.05. The first kappa shape index (κ1) is 22.3. The van der Waals surface area contributed by atoms with Gasteiger partial charge in [-0.15, -0.1) is 0 Å². The standard InChI is InChI=1S/C24H23ClN2O4S/c1-31-23-12-9-20(16-22(23)25)26-24(28)19-6-4-5-18(15-19)17-7-10-21(11-8-17)32(29,30)27-13-2-3-14-27/h4-12,15-16H,2-3,13-14H2,1H3,(H,26,28). The van der Waals surface area contributed by atoms with E-state index >= 15 is 0 Å². The third-order valence-corrected chi connectivity index (χ3v) is 7.63. The van der Waals surface area contributed by atoms with Crippen LogP contribution in [0.4, 0.5) is 5.69 Å². The third kappa shape index (κ3) is 4.65. The van der Waals surface area contributed by atoms with Crippen LogP contribution in [-0.4, -0.2) is 38.8 Å². The van der Waals surface area contributed by atoms with Crippen LogP contribution in [0, 0.1) is 0 Å². The highest BCUT2D eigenvalue weighted by Crippen LogP contribution is 2.28. The Balaban J connectivity index is 1.52. The highest BCUT2D eigenvalue weighted by atomic mass is 35.5. The predicted molar refractivity (Wildman–Crippen MR) is 126 cm³/mol. The molecule has 8 heteroatoms.